The molecule has 2 amide bonds. The summed E-state index contributed by atoms with van der Waals surface area (Å²) in [6.07, 6.45) is 0.556. The monoisotopic (exact) mass is 442 g/mol. The van der Waals surface area contributed by atoms with E-state index in [1.807, 2.05) is 47.4 Å². The molecule has 164 valence electrons. The van der Waals surface area contributed by atoms with Gasteiger partial charge < -0.3 is 14.4 Å². The van der Waals surface area contributed by atoms with Crippen LogP contribution in [-0.4, -0.2) is 68.7 Å². The number of hydrogen-bond donors (Lipinski definition) is 0. The Bertz CT molecular complexity index is 920. The van der Waals surface area contributed by atoms with Gasteiger partial charge in [0.05, 0.1) is 18.8 Å². The zero-order chi connectivity index (χ0) is 22.2. The van der Waals surface area contributed by atoms with E-state index in [1.54, 1.807) is 26.4 Å². The lowest BCUT2D eigenvalue weighted by Gasteiger charge is -2.25. The number of amides is 2. The fourth-order valence-corrected chi connectivity index (χ4v) is 3.68. The van der Waals surface area contributed by atoms with Crippen LogP contribution in [0.1, 0.15) is 11.1 Å². The quantitative estimate of drug-likeness (QED) is 0.500. The van der Waals surface area contributed by atoms with E-state index < -0.39 is 0 Å². The molecule has 0 aliphatic carbocycles. The average molecular weight is 443 g/mol. The standard InChI is InChI=1S/C24H27ClN2O4/c1-30-16-14-26(15-17-31-2)22-21(19-6-4-3-5-7-19)23(28)27(24(22)29)13-12-18-8-10-20(25)11-9-18/h3-11H,12-17H2,1-2H3. The lowest BCUT2D eigenvalue weighted by molar-refractivity contribution is -0.137. The van der Waals surface area contributed by atoms with Gasteiger partial charge in [0, 0.05) is 38.9 Å². The number of carbonyl (C=O) groups excluding carboxylic acids is 2. The molecule has 2 aromatic carbocycles. The molecule has 7 heteroatoms. The van der Waals surface area contributed by atoms with Crippen LogP contribution in [0.2, 0.25) is 5.02 Å². The van der Waals surface area contributed by atoms with E-state index in [0.29, 0.717) is 55.6 Å². The first-order chi connectivity index (χ1) is 15.1. The second-order valence-corrected chi connectivity index (χ2v) is 7.64. The molecule has 2 aromatic rings. The summed E-state index contributed by atoms with van der Waals surface area (Å²) in [5, 5.41) is 0.652. The fraction of sp³-hybridized carbons (Fsp3) is 0.333. The van der Waals surface area contributed by atoms with Crippen molar-refractivity contribution < 1.29 is 19.1 Å². The molecule has 0 saturated heterocycles. The van der Waals surface area contributed by atoms with E-state index in [0.717, 1.165) is 11.1 Å². The Labute approximate surface area is 188 Å². The number of carbonyl (C=O) groups is 2. The zero-order valence-corrected chi connectivity index (χ0v) is 18.6. The molecule has 0 unspecified atom stereocenters. The molecule has 0 radical (unpaired) electrons. The summed E-state index contributed by atoms with van der Waals surface area (Å²) in [6, 6.07) is 16.7. The van der Waals surface area contributed by atoms with Gasteiger partial charge >= 0.3 is 0 Å². The van der Waals surface area contributed by atoms with Crippen molar-refractivity contribution in [2.75, 3.05) is 47.1 Å². The summed E-state index contributed by atoms with van der Waals surface area (Å²) in [7, 11) is 3.22. The first-order valence-corrected chi connectivity index (χ1v) is 10.6. The summed E-state index contributed by atoms with van der Waals surface area (Å²) < 4.78 is 10.5. The summed E-state index contributed by atoms with van der Waals surface area (Å²) >= 11 is 5.96. The maximum absolute atomic E-state index is 13.4. The van der Waals surface area contributed by atoms with Gasteiger partial charge in [0.1, 0.15) is 5.70 Å². The van der Waals surface area contributed by atoms with E-state index in [1.165, 1.54) is 4.90 Å². The lowest BCUT2D eigenvalue weighted by Crippen LogP contribution is -2.38. The third kappa shape index (κ3) is 5.53. The Hall–Kier alpha value is -2.67. The molecule has 3 rings (SSSR count). The van der Waals surface area contributed by atoms with Gasteiger partial charge in [0.2, 0.25) is 0 Å². The van der Waals surface area contributed by atoms with Crippen LogP contribution in [0, 0.1) is 0 Å². The SMILES string of the molecule is COCCN(CCOC)C1=C(c2ccccc2)C(=O)N(CCc2ccc(Cl)cc2)C1=O. The third-order valence-corrected chi connectivity index (χ3v) is 5.44. The Balaban J connectivity index is 1.92. The predicted octanol–water partition coefficient (Wildman–Crippen LogP) is 3.26. The molecule has 1 heterocycles. The van der Waals surface area contributed by atoms with Crippen LogP contribution in [0.25, 0.3) is 5.57 Å². The van der Waals surface area contributed by atoms with Crippen molar-refractivity contribution in [3.8, 4) is 0 Å². The van der Waals surface area contributed by atoms with Crippen LogP contribution < -0.4 is 0 Å². The largest absolute Gasteiger partial charge is 0.383 e. The van der Waals surface area contributed by atoms with Gasteiger partial charge in [-0.2, -0.15) is 0 Å². The number of imide groups is 1. The molecule has 0 bridgehead atoms. The van der Waals surface area contributed by atoms with Crippen molar-refractivity contribution in [2.24, 2.45) is 0 Å². The van der Waals surface area contributed by atoms with Gasteiger partial charge in [-0.3, -0.25) is 14.5 Å². The minimum Gasteiger partial charge on any atom is -0.383 e. The number of benzene rings is 2. The Morgan fingerprint density at radius 3 is 2.06 bits per heavy atom. The van der Waals surface area contributed by atoms with E-state index >= 15 is 0 Å². The average Bonchev–Trinajstić information content (AvgIpc) is 3.04. The summed E-state index contributed by atoms with van der Waals surface area (Å²) in [5.41, 5.74) is 2.57. The topological polar surface area (TPSA) is 59.1 Å². The highest BCUT2D eigenvalue weighted by Crippen LogP contribution is 2.31. The van der Waals surface area contributed by atoms with E-state index in [9.17, 15) is 9.59 Å². The summed E-state index contributed by atoms with van der Waals surface area (Å²) in [6.45, 7) is 2.12. The molecule has 0 N–H and O–H groups in total. The molecule has 31 heavy (non-hydrogen) atoms. The summed E-state index contributed by atoms with van der Waals surface area (Å²) in [5.74, 6) is -0.565. The second kappa shape index (κ2) is 11.1. The molecule has 0 saturated carbocycles. The van der Waals surface area contributed by atoms with Gasteiger partial charge in [0.25, 0.3) is 11.8 Å². The molecular formula is C24H27ClN2O4. The maximum atomic E-state index is 13.4. The van der Waals surface area contributed by atoms with E-state index in [-0.39, 0.29) is 11.8 Å². The fourth-order valence-electron chi connectivity index (χ4n) is 3.56. The maximum Gasteiger partial charge on any atom is 0.277 e. The summed E-state index contributed by atoms with van der Waals surface area (Å²) in [4.78, 5) is 30.1. The third-order valence-electron chi connectivity index (χ3n) is 5.19. The van der Waals surface area contributed by atoms with Crippen molar-refractivity contribution in [1.29, 1.82) is 0 Å². The molecule has 0 atom stereocenters. The molecule has 6 nitrogen and oxygen atoms in total. The van der Waals surface area contributed by atoms with Crippen LogP contribution in [0.15, 0.2) is 60.3 Å². The molecule has 0 aromatic heterocycles. The zero-order valence-electron chi connectivity index (χ0n) is 17.8. The highest BCUT2D eigenvalue weighted by Gasteiger charge is 2.41. The highest BCUT2D eigenvalue weighted by atomic mass is 35.5. The number of ether oxygens (including phenoxy) is 2. The number of rotatable bonds is 11. The predicted molar refractivity (Wildman–Crippen MR) is 121 cm³/mol. The van der Waals surface area contributed by atoms with Crippen molar-refractivity contribution in [2.45, 2.75) is 6.42 Å². The van der Waals surface area contributed by atoms with Gasteiger partial charge in [-0.15, -0.1) is 0 Å². The number of methoxy groups -OCH3 is 2. The number of halogens is 1. The Kier molecular flexibility index (Phi) is 8.23. The van der Waals surface area contributed by atoms with Crippen molar-refractivity contribution in [3.63, 3.8) is 0 Å². The van der Waals surface area contributed by atoms with Crippen LogP contribution in [-0.2, 0) is 25.5 Å². The minimum atomic E-state index is -0.287. The van der Waals surface area contributed by atoms with Crippen LogP contribution in [0.4, 0.5) is 0 Å². The molecule has 0 spiro atoms. The van der Waals surface area contributed by atoms with Crippen LogP contribution >= 0.6 is 11.6 Å². The van der Waals surface area contributed by atoms with E-state index in [2.05, 4.69) is 0 Å². The van der Waals surface area contributed by atoms with Gasteiger partial charge in [-0.05, 0) is 29.7 Å². The normalized spacial score (nSPS) is 14.0. The molecule has 0 fully saturated rings. The van der Waals surface area contributed by atoms with Crippen LogP contribution in [0.3, 0.4) is 0 Å². The minimum absolute atomic E-state index is 0.278. The lowest BCUT2D eigenvalue weighted by atomic mass is 10.0. The highest BCUT2D eigenvalue weighted by molar-refractivity contribution is 6.35. The van der Waals surface area contributed by atoms with Crippen molar-refractivity contribution >= 4 is 29.0 Å². The van der Waals surface area contributed by atoms with Crippen molar-refractivity contribution in [1.82, 2.24) is 9.80 Å². The molecule has 1 aliphatic heterocycles. The van der Waals surface area contributed by atoms with Gasteiger partial charge in [-0.25, -0.2) is 0 Å². The number of hydrogen-bond acceptors (Lipinski definition) is 5. The first-order valence-electron chi connectivity index (χ1n) is 10.2. The first kappa shape index (κ1) is 23.0. The van der Waals surface area contributed by atoms with E-state index in [4.69, 9.17) is 21.1 Å². The van der Waals surface area contributed by atoms with Crippen molar-refractivity contribution in [3.05, 3.63) is 76.4 Å². The second-order valence-electron chi connectivity index (χ2n) is 7.20. The molecular weight excluding hydrogens is 416 g/mol. The van der Waals surface area contributed by atoms with Crippen LogP contribution in [0.5, 0.6) is 0 Å². The van der Waals surface area contributed by atoms with Gasteiger partial charge in [0.15, 0.2) is 0 Å². The Morgan fingerprint density at radius 1 is 0.871 bits per heavy atom. The Morgan fingerprint density at radius 2 is 1.48 bits per heavy atom. The molecule has 1 aliphatic rings. The number of nitrogens with zero attached hydrogens (tertiary/aromatic N) is 2. The smallest absolute Gasteiger partial charge is 0.277 e. The van der Waals surface area contributed by atoms with Gasteiger partial charge in [-0.1, -0.05) is 54.1 Å².